The summed E-state index contributed by atoms with van der Waals surface area (Å²) < 4.78 is 11.8. The molecule has 1 aromatic heterocycles. The zero-order chi connectivity index (χ0) is 11.5. The second-order valence-electron chi connectivity index (χ2n) is 3.65. The van der Waals surface area contributed by atoms with Crippen LogP contribution in [0.25, 0.3) is 0 Å². The first-order chi connectivity index (χ1) is 7.74. The van der Waals surface area contributed by atoms with E-state index in [1.54, 1.807) is 0 Å². The van der Waals surface area contributed by atoms with Crippen molar-refractivity contribution in [1.29, 1.82) is 0 Å². The molecule has 2 heterocycles. The monoisotopic (exact) mass is 244 g/mol. The molecule has 5 nitrogen and oxygen atoms in total. The highest BCUT2D eigenvalue weighted by Crippen LogP contribution is 2.20. The normalized spacial score (nSPS) is 20.8. The van der Waals surface area contributed by atoms with Crippen molar-refractivity contribution < 1.29 is 9.47 Å². The van der Waals surface area contributed by atoms with Crippen molar-refractivity contribution in [2.75, 3.05) is 20.3 Å². The zero-order valence-electron chi connectivity index (χ0n) is 8.98. The Morgan fingerprint density at radius 2 is 2.50 bits per heavy atom. The lowest BCUT2D eigenvalue weighted by atomic mass is 10.1. The number of halogens is 1. The number of hydrogen-bond donors (Lipinski definition) is 0. The fraction of sp³-hybridized carbons (Fsp3) is 0.600. The molecule has 0 N–H and O–H groups in total. The van der Waals surface area contributed by atoms with Crippen molar-refractivity contribution in [3.8, 4) is 5.75 Å². The largest absolute Gasteiger partial charge is 0.489 e. The number of methoxy groups -OCH3 is 1. The van der Waals surface area contributed by atoms with Crippen molar-refractivity contribution in [3.63, 3.8) is 0 Å². The van der Waals surface area contributed by atoms with Crippen LogP contribution in [0.2, 0.25) is 5.15 Å². The number of nitrogens with zero attached hydrogens (tertiary/aromatic N) is 2. The molecular weight excluding hydrogens is 232 g/mol. The molecule has 1 fully saturated rings. The van der Waals surface area contributed by atoms with Crippen LogP contribution in [-0.2, 0) is 4.74 Å². The molecule has 0 radical (unpaired) electrons. The Morgan fingerprint density at radius 3 is 3.12 bits per heavy atom. The summed E-state index contributed by atoms with van der Waals surface area (Å²) in [5, 5.41) is 0.0977. The van der Waals surface area contributed by atoms with E-state index in [-0.39, 0.29) is 22.5 Å². The van der Waals surface area contributed by atoms with E-state index in [9.17, 15) is 4.79 Å². The van der Waals surface area contributed by atoms with Crippen LogP contribution >= 0.6 is 11.6 Å². The molecule has 0 spiro atoms. The smallest absolute Gasteiger partial charge is 0.297 e. The summed E-state index contributed by atoms with van der Waals surface area (Å²) >= 11 is 5.76. The molecule has 1 aliphatic heterocycles. The molecular formula is C10H13ClN2O3. The lowest BCUT2D eigenvalue weighted by molar-refractivity contribution is 0.0573. The number of rotatable bonds is 2. The van der Waals surface area contributed by atoms with Crippen molar-refractivity contribution in [1.82, 2.24) is 9.55 Å². The van der Waals surface area contributed by atoms with Crippen LogP contribution in [0.5, 0.6) is 5.75 Å². The fourth-order valence-corrected chi connectivity index (χ4v) is 2.01. The Labute approximate surface area is 98.0 Å². The first-order valence-corrected chi connectivity index (χ1v) is 5.50. The maximum Gasteiger partial charge on any atom is 0.297 e. The molecule has 1 saturated heterocycles. The van der Waals surface area contributed by atoms with Gasteiger partial charge in [0, 0.05) is 6.61 Å². The minimum absolute atomic E-state index is 0.0277. The Balaban J connectivity index is 2.37. The average Bonchev–Trinajstić information content (AvgIpc) is 2.31. The van der Waals surface area contributed by atoms with Gasteiger partial charge in [-0.25, -0.2) is 4.98 Å². The maximum absolute atomic E-state index is 12.0. The first-order valence-electron chi connectivity index (χ1n) is 5.12. The second-order valence-corrected chi connectivity index (χ2v) is 4.01. The lowest BCUT2D eigenvalue weighted by Crippen LogP contribution is -2.31. The van der Waals surface area contributed by atoms with E-state index in [1.807, 2.05) is 0 Å². The predicted molar refractivity (Wildman–Crippen MR) is 59.1 cm³/mol. The van der Waals surface area contributed by atoms with Gasteiger partial charge in [-0.1, -0.05) is 11.6 Å². The topological polar surface area (TPSA) is 53.4 Å². The summed E-state index contributed by atoms with van der Waals surface area (Å²) in [5.74, 6) is 0.0924. The third-order valence-corrected chi connectivity index (χ3v) is 2.91. The molecule has 6 heteroatoms. The van der Waals surface area contributed by atoms with Gasteiger partial charge in [0.05, 0.1) is 26.1 Å². The summed E-state index contributed by atoms with van der Waals surface area (Å²) in [6.45, 7) is 1.29. The summed E-state index contributed by atoms with van der Waals surface area (Å²) in [7, 11) is 1.41. The van der Waals surface area contributed by atoms with E-state index in [0.29, 0.717) is 6.61 Å². The van der Waals surface area contributed by atoms with Crippen LogP contribution in [0.3, 0.4) is 0 Å². The predicted octanol–water partition coefficient (Wildman–Crippen LogP) is 1.26. The van der Waals surface area contributed by atoms with Crippen LogP contribution in [-0.4, -0.2) is 29.9 Å². The van der Waals surface area contributed by atoms with E-state index in [1.165, 1.54) is 18.0 Å². The minimum atomic E-state index is -0.252. The van der Waals surface area contributed by atoms with E-state index in [2.05, 4.69) is 4.98 Å². The van der Waals surface area contributed by atoms with Crippen molar-refractivity contribution in [2.24, 2.45) is 0 Å². The highest BCUT2D eigenvalue weighted by Gasteiger charge is 2.20. The Morgan fingerprint density at radius 1 is 1.69 bits per heavy atom. The molecule has 2 rings (SSSR count). The first kappa shape index (κ1) is 11.4. The molecule has 1 aromatic rings. The average molecular weight is 245 g/mol. The summed E-state index contributed by atoms with van der Waals surface area (Å²) in [4.78, 5) is 15.9. The molecule has 1 aliphatic rings. The van der Waals surface area contributed by atoms with Gasteiger partial charge in [0.2, 0.25) is 5.75 Å². The van der Waals surface area contributed by atoms with Crippen LogP contribution < -0.4 is 10.3 Å². The molecule has 1 atom stereocenters. The van der Waals surface area contributed by atoms with E-state index in [0.717, 1.165) is 19.4 Å². The third-order valence-electron chi connectivity index (χ3n) is 2.65. The van der Waals surface area contributed by atoms with E-state index < -0.39 is 0 Å². The summed E-state index contributed by atoms with van der Waals surface area (Å²) in [6, 6.07) is 0.0277. The number of aromatic nitrogens is 2. The fourth-order valence-electron chi connectivity index (χ4n) is 1.80. The molecule has 0 aromatic carbocycles. The van der Waals surface area contributed by atoms with Gasteiger partial charge in [-0.3, -0.25) is 9.36 Å². The van der Waals surface area contributed by atoms with Crippen LogP contribution in [0.4, 0.5) is 0 Å². The van der Waals surface area contributed by atoms with Crippen LogP contribution in [0, 0.1) is 0 Å². The number of hydrogen-bond acceptors (Lipinski definition) is 4. The Hall–Kier alpha value is -1.07. The summed E-state index contributed by atoms with van der Waals surface area (Å²) in [5.41, 5.74) is -0.252. The minimum Gasteiger partial charge on any atom is -0.489 e. The number of ether oxygens (including phenoxy) is 2. The summed E-state index contributed by atoms with van der Waals surface area (Å²) in [6.07, 6.45) is 3.31. The van der Waals surface area contributed by atoms with Crippen LogP contribution in [0.15, 0.2) is 11.1 Å². The molecule has 0 aliphatic carbocycles. The van der Waals surface area contributed by atoms with E-state index in [4.69, 9.17) is 21.1 Å². The molecule has 0 bridgehead atoms. The van der Waals surface area contributed by atoms with Gasteiger partial charge in [-0.15, -0.1) is 0 Å². The van der Waals surface area contributed by atoms with Crippen LogP contribution in [0.1, 0.15) is 18.9 Å². The van der Waals surface area contributed by atoms with Gasteiger partial charge < -0.3 is 9.47 Å². The molecule has 16 heavy (non-hydrogen) atoms. The van der Waals surface area contributed by atoms with Crippen molar-refractivity contribution >= 4 is 11.6 Å². The highest BCUT2D eigenvalue weighted by molar-refractivity contribution is 6.30. The molecule has 0 saturated carbocycles. The van der Waals surface area contributed by atoms with Gasteiger partial charge >= 0.3 is 0 Å². The standard InChI is InChI=1S/C10H13ClN2O3/c1-15-8-9(11)12-6-13(10(8)14)7-3-2-4-16-5-7/h6-7H,2-5H2,1H3. The molecule has 1 unspecified atom stereocenters. The van der Waals surface area contributed by atoms with Gasteiger partial charge in [-0.2, -0.15) is 0 Å². The zero-order valence-corrected chi connectivity index (χ0v) is 9.74. The Bertz CT molecular complexity index is 427. The van der Waals surface area contributed by atoms with Crippen molar-refractivity contribution in [2.45, 2.75) is 18.9 Å². The Kier molecular flexibility index (Phi) is 3.46. The molecule has 0 amide bonds. The lowest BCUT2D eigenvalue weighted by Gasteiger charge is -2.24. The molecule has 88 valence electrons. The van der Waals surface area contributed by atoms with Gasteiger partial charge in [0.25, 0.3) is 5.56 Å². The quantitative estimate of drug-likeness (QED) is 0.735. The highest BCUT2D eigenvalue weighted by atomic mass is 35.5. The second kappa shape index (κ2) is 4.84. The van der Waals surface area contributed by atoms with Gasteiger partial charge in [0.15, 0.2) is 5.15 Å². The van der Waals surface area contributed by atoms with E-state index >= 15 is 0 Å². The van der Waals surface area contributed by atoms with Crippen molar-refractivity contribution in [3.05, 3.63) is 21.8 Å². The maximum atomic E-state index is 12.0. The van der Waals surface area contributed by atoms with Gasteiger partial charge in [-0.05, 0) is 12.8 Å². The van der Waals surface area contributed by atoms with Gasteiger partial charge in [0.1, 0.15) is 0 Å². The SMILES string of the molecule is COc1c(Cl)ncn(C2CCCOC2)c1=O. The third kappa shape index (κ3) is 2.05.